The molecular weight excluding hydrogens is 328 g/mol. The Kier molecular flexibility index (Phi) is 4.12. The lowest BCUT2D eigenvalue weighted by Crippen LogP contribution is -2.17. The van der Waals surface area contributed by atoms with Gasteiger partial charge < -0.3 is 5.32 Å². The second kappa shape index (κ2) is 5.60. The van der Waals surface area contributed by atoms with Gasteiger partial charge in [0.15, 0.2) is 0 Å². The van der Waals surface area contributed by atoms with Crippen molar-refractivity contribution in [3.63, 3.8) is 0 Å². The molecule has 3 heteroatoms. The standard InChI is InChI=1S/C14H13FIN/c1-17-14(10-4-2-6-12(15)8-10)11-5-3-7-13(16)9-11/h2-9,14,17H,1H3. The monoisotopic (exact) mass is 341 g/mol. The van der Waals surface area contributed by atoms with Gasteiger partial charge in [0.2, 0.25) is 0 Å². The SMILES string of the molecule is CNC(c1cccc(F)c1)c1cccc(I)c1. The van der Waals surface area contributed by atoms with Gasteiger partial charge in [0.25, 0.3) is 0 Å². The van der Waals surface area contributed by atoms with Gasteiger partial charge in [0, 0.05) is 3.57 Å². The molecule has 1 nitrogen and oxygen atoms in total. The van der Waals surface area contributed by atoms with E-state index >= 15 is 0 Å². The van der Waals surface area contributed by atoms with Crippen LogP contribution < -0.4 is 5.32 Å². The number of nitrogens with one attached hydrogen (secondary N) is 1. The van der Waals surface area contributed by atoms with Crippen molar-refractivity contribution in [3.05, 3.63) is 69.0 Å². The number of benzene rings is 2. The Morgan fingerprint density at radius 3 is 2.29 bits per heavy atom. The maximum Gasteiger partial charge on any atom is 0.123 e. The summed E-state index contributed by atoms with van der Waals surface area (Å²) in [6.45, 7) is 0. The van der Waals surface area contributed by atoms with E-state index in [9.17, 15) is 4.39 Å². The fraction of sp³-hybridized carbons (Fsp3) is 0.143. The largest absolute Gasteiger partial charge is 0.309 e. The topological polar surface area (TPSA) is 12.0 Å². The highest BCUT2D eigenvalue weighted by Gasteiger charge is 2.12. The number of hydrogen-bond acceptors (Lipinski definition) is 1. The summed E-state index contributed by atoms with van der Waals surface area (Å²) >= 11 is 2.28. The van der Waals surface area contributed by atoms with Crippen LogP contribution in [0.2, 0.25) is 0 Å². The molecule has 0 fully saturated rings. The third kappa shape index (κ3) is 3.04. The fourth-order valence-electron chi connectivity index (χ4n) is 1.90. The molecule has 0 spiro atoms. The quantitative estimate of drug-likeness (QED) is 0.839. The zero-order chi connectivity index (χ0) is 12.3. The van der Waals surface area contributed by atoms with E-state index in [-0.39, 0.29) is 11.9 Å². The summed E-state index contributed by atoms with van der Waals surface area (Å²) in [6, 6.07) is 14.9. The van der Waals surface area contributed by atoms with Gasteiger partial charge in [-0.3, -0.25) is 0 Å². The van der Waals surface area contributed by atoms with E-state index in [0.717, 1.165) is 11.1 Å². The van der Waals surface area contributed by atoms with Crippen LogP contribution in [0.15, 0.2) is 48.5 Å². The lowest BCUT2D eigenvalue weighted by atomic mass is 9.99. The fourth-order valence-corrected chi connectivity index (χ4v) is 2.47. The summed E-state index contributed by atoms with van der Waals surface area (Å²) in [4.78, 5) is 0. The molecule has 2 aromatic carbocycles. The minimum atomic E-state index is -0.201. The zero-order valence-corrected chi connectivity index (χ0v) is 11.6. The molecule has 0 saturated carbocycles. The first-order valence-electron chi connectivity index (χ1n) is 5.39. The van der Waals surface area contributed by atoms with E-state index in [2.05, 4.69) is 34.0 Å². The van der Waals surface area contributed by atoms with Crippen molar-refractivity contribution in [2.45, 2.75) is 6.04 Å². The predicted octanol–water partition coefficient (Wildman–Crippen LogP) is 3.74. The molecule has 0 aliphatic carbocycles. The van der Waals surface area contributed by atoms with Crippen molar-refractivity contribution < 1.29 is 4.39 Å². The normalized spacial score (nSPS) is 12.4. The molecular formula is C14H13FIN. The Morgan fingerprint density at radius 2 is 1.71 bits per heavy atom. The molecule has 0 heterocycles. The van der Waals surface area contributed by atoms with E-state index in [4.69, 9.17) is 0 Å². The Labute approximate surface area is 114 Å². The first-order chi connectivity index (χ1) is 8.20. The van der Waals surface area contributed by atoms with E-state index in [1.165, 1.54) is 9.64 Å². The average Bonchev–Trinajstić information content (AvgIpc) is 2.30. The predicted molar refractivity (Wildman–Crippen MR) is 76.5 cm³/mol. The van der Waals surface area contributed by atoms with Gasteiger partial charge in [0.05, 0.1) is 6.04 Å². The maximum atomic E-state index is 13.2. The molecule has 1 N–H and O–H groups in total. The minimum Gasteiger partial charge on any atom is -0.309 e. The molecule has 0 saturated heterocycles. The van der Waals surface area contributed by atoms with Crippen molar-refractivity contribution in [3.8, 4) is 0 Å². The molecule has 0 amide bonds. The van der Waals surface area contributed by atoms with E-state index in [0.29, 0.717) is 0 Å². The van der Waals surface area contributed by atoms with Gasteiger partial charge in [-0.15, -0.1) is 0 Å². The lowest BCUT2D eigenvalue weighted by Gasteiger charge is -2.17. The summed E-state index contributed by atoms with van der Waals surface area (Å²) < 4.78 is 14.4. The Bertz CT molecular complexity index is 468. The van der Waals surface area contributed by atoms with Gasteiger partial charge in [-0.2, -0.15) is 0 Å². The van der Waals surface area contributed by atoms with Crippen molar-refractivity contribution >= 4 is 22.6 Å². The molecule has 1 unspecified atom stereocenters. The lowest BCUT2D eigenvalue weighted by molar-refractivity contribution is 0.616. The number of hydrogen-bond donors (Lipinski definition) is 1. The van der Waals surface area contributed by atoms with Crippen LogP contribution in [-0.4, -0.2) is 7.05 Å². The second-order valence-electron chi connectivity index (χ2n) is 3.83. The smallest absolute Gasteiger partial charge is 0.123 e. The maximum absolute atomic E-state index is 13.2. The Balaban J connectivity index is 2.40. The third-order valence-electron chi connectivity index (χ3n) is 2.65. The summed E-state index contributed by atoms with van der Waals surface area (Å²) in [5.41, 5.74) is 2.08. The summed E-state index contributed by atoms with van der Waals surface area (Å²) in [5.74, 6) is -0.201. The molecule has 2 aromatic rings. The highest BCUT2D eigenvalue weighted by molar-refractivity contribution is 14.1. The molecule has 0 radical (unpaired) electrons. The minimum absolute atomic E-state index is 0.0282. The van der Waals surface area contributed by atoms with Gasteiger partial charge in [-0.25, -0.2) is 4.39 Å². The van der Waals surface area contributed by atoms with Crippen LogP contribution in [0.5, 0.6) is 0 Å². The van der Waals surface area contributed by atoms with Crippen LogP contribution in [0, 0.1) is 9.39 Å². The zero-order valence-electron chi connectivity index (χ0n) is 9.45. The van der Waals surface area contributed by atoms with Crippen molar-refractivity contribution in [1.82, 2.24) is 5.32 Å². The molecule has 1 atom stereocenters. The first-order valence-corrected chi connectivity index (χ1v) is 6.47. The Morgan fingerprint density at radius 1 is 1.06 bits per heavy atom. The molecule has 2 rings (SSSR count). The molecule has 88 valence electrons. The molecule has 0 aromatic heterocycles. The van der Waals surface area contributed by atoms with Crippen LogP contribution >= 0.6 is 22.6 Å². The van der Waals surface area contributed by atoms with Gasteiger partial charge >= 0.3 is 0 Å². The van der Waals surface area contributed by atoms with Crippen LogP contribution in [-0.2, 0) is 0 Å². The highest BCUT2D eigenvalue weighted by atomic mass is 127. The summed E-state index contributed by atoms with van der Waals surface area (Å²) in [7, 11) is 1.88. The molecule has 0 aliphatic rings. The van der Waals surface area contributed by atoms with Crippen molar-refractivity contribution in [1.29, 1.82) is 0 Å². The molecule has 0 aliphatic heterocycles. The highest BCUT2D eigenvalue weighted by Crippen LogP contribution is 2.23. The van der Waals surface area contributed by atoms with Crippen LogP contribution in [0.3, 0.4) is 0 Å². The van der Waals surface area contributed by atoms with Crippen LogP contribution in [0.1, 0.15) is 17.2 Å². The van der Waals surface area contributed by atoms with Gasteiger partial charge in [-0.05, 0) is 65.0 Å². The third-order valence-corrected chi connectivity index (χ3v) is 3.32. The number of halogens is 2. The van der Waals surface area contributed by atoms with Crippen LogP contribution in [0.4, 0.5) is 4.39 Å². The van der Waals surface area contributed by atoms with Gasteiger partial charge in [-0.1, -0.05) is 24.3 Å². The molecule has 0 bridgehead atoms. The van der Waals surface area contributed by atoms with Crippen LogP contribution in [0.25, 0.3) is 0 Å². The Hall–Kier alpha value is -0.940. The second-order valence-corrected chi connectivity index (χ2v) is 5.08. The number of rotatable bonds is 3. The first kappa shape index (κ1) is 12.5. The summed E-state index contributed by atoms with van der Waals surface area (Å²) in [5, 5.41) is 3.22. The van der Waals surface area contributed by atoms with Gasteiger partial charge in [0.1, 0.15) is 5.82 Å². The van der Waals surface area contributed by atoms with E-state index in [1.54, 1.807) is 12.1 Å². The van der Waals surface area contributed by atoms with E-state index in [1.807, 2.05) is 31.3 Å². The van der Waals surface area contributed by atoms with E-state index < -0.39 is 0 Å². The molecule has 17 heavy (non-hydrogen) atoms. The summed E-state index contributed by atoms with van der Waals surface area (Å²) in [6.07, 6.45) is 0. The van der Waals surface area contributed by atoms with Crippen molar-refractivity contribution in [2.24, 2.45) is 0 Å². The average molecular weight is 341 g/mol. The van der Waals surface area contributed by atoms with Crippen molar-refractivity contribution in [2.75, 3.05) is 7.05 Å².